The Bertz CT molecular complexity index is 585. The number of hydrogen-bond donors (Lipinski definition) is 0. The van der Waals surface area contributed by atoms with Gasteiger partial charge in [0, 0.05) is 18.9 Å². The van der Waals surface area contributed by atoms with E-state index in [-0.39, 0.29) is 0 Å². The number of fused-ring (bicyclic) bond motifs is 1. The maximum absolute atomic E-state index is 9.75. The Balaban J connectivity index is 0.000000282. The number of pyridine rings is 1. The Hall–Kier alpha value is -2.25. The van der Waals surface area contributed by atoms with Crippen LogP contribution in [0.5, 0.6) is 0 Å². The van der Waals surface area contributed by atoms with Gasteiger partial charge in [0.2, 0.25) is 0 Å². The number of para-hydroxylation sites is 1. The first-order chi connectivity index (χ1) is 9.86. The van der Waals surface area contributed by atoms with Crippen molar-refractivity contribution in [1.29, 1.82) is 0 Å². The molecule has 1 aliphatic heterocycles. The van der Waals surface area contributed by atoms with Crippen LogP contribution in [0.25, 0.3) is 0 Å². The Labute approximate surface area is 119 Å². The molecular weight excluding hydrogens is 285 g/mol. The summed E-state index contributed by atoms with van der Waals surface area (Å²) in [6.07, 6.45) is 3.76. The van der Waals surface area contributed by atoms with Crippen LogP contribution < -0.4 is 9.80 Å². The number of aromatic nitrogens is 1. The molecule has 0 radical (unpaired) electrons. The molecule has 21 heavy (non-hydrogen) atoms. The van der Waals surface area contributed by atoms with Gasteiger partial charge in [0.1, 0.15) is 0 Å². The third-order valence-electron chi connectivity index (χ3n) is 2.90. The minimum absolute atomic E-state index is 0.880. The van der Waals surface area contributed by atoms with Crippen molar-refractivity contribution in [1.82, 2.24) is 4.98 Å². The van der Waals surface area contributed by atoms with Crippen LogP contribution in [0.1, 0.15) is 0 Å². The summed E-state index contributed by atoms with van der Waals surface area (Å²) in [7, 11) is -3.91. The molecule has 1 aromatic carbocycles. The Kier molecular flexibility index (Phi) is 4.35. The van der Waals surface area contributed by atoms with Crippen LogP contribution in [0.4, 0.5) is 34.3 Å². The Morgan fingerprint density at radius 1 is 1.00 bits per heavy atom. The SMILES string of the molecule is CN1CN(c2ccccc2)c2ccncc21.F[B-](F)(F)F. The molecule has 0 atom stereocenters. The number of anilines is 3. The summed E-state index contributed by atoms with van der Waals surface area (Å²) in [5.41, 5.74) is 3.63. The zero-order valence-electron chi connectivity index (χ0n) is 11.3. The van der Waals surface area contributed by atoms with Crippen molar-refractivity contribution in [2.24, 2.45) is 0 Å². The number of benzene rings is 1. The topological polar surface area (TPSA) is 19.4 Å². The minimum atomic E-state index is -6.00. The summed E-state index contributed by atoms with van der Waals surface area (Å²) < 4.78 is 39.0. The van der Waals surface area contributed by atoms with Crippen LogP contribution in [0, 0.1) is 0 Å². The van der Waals surface area contributed by atoms with Crippen LogP contribution in [-0.2, 0) is 0 Å². The van der Waals surface area contributed by atoms with E-state index in [1.807, 2.05) is 18.5 Å². The van der Waals surface area contributed by atoms with Crippen LogP contribution in [0.3, 0.4) is 0 Å². The molecule has 0 saturated carbocycles. The summed E-state index contributed by atoms with van der Waals surface area (Å²) in [5.74, 6) is 0. The first-order valence-corrected chi connectivity index (χ1v) is 6.21. The highest BCUT2D eigenvalue weighted by molar-refractivity contribution is 6.50. The van der Waals surface area contributed by atoms with Crippen LogP contribution >= 0.6 is 0 Å². The maximum Gasteiger partial charge on any atom is 0.673 e. The minimum Gasteiger partial charge on any atom is -0.418 e. The monoisotopic (exact) mass is 298 g/mol. The van der Waals surface area contributed by atoms with Gasteiger partial charge in [-0.15, -0.1) is 0 Å². The second kappa shape index (κ2) is 6.03. The van der Waals surface area contributed by atoms with E-state index < -0.39 is 7.25 Å². The molecule has 0 aliphatic carbocycles. The van der Waals surface area contributed by atoms with Gasteiger partial charge in [0.15, 0.2) is 0 Å². The predicted octanol–water partition coefficient (Wildman–Crippen LogP) is 3.93. The van der Waals surface area contributed by atoms with Gasteiger partial charge in [0.05, 0.1) is 24.2 Å². The summed E-state index contributed by atoms with van der Waals surface area (Å²) in [4.78, 5) is 8.66. The van der Waals surface area contributed by atoms with Crippen molar-refractivity contribution in [3.05, 3.63) is 48.8 Å². The molecule has 1 aliphatic rings. The van der Waals surface area contributed by atoms with Gasteiger partial charge in [-0.2, -0.15) is 0 Å². The Morgan fingerprint density at radius 3 is 2.24 bits per heavy atom. The van der Waals surface area contributed by atoms with Gasteiger partial charge < -0.3 is 27.1 Å². The lowest BCUT2D eigenvalue weighted by Crippen LogP contribution is -2.23. The quantitative estimate of drug-likeness (QED) is 0.587. The van der Waals surface area contributed by atoms with Gasteiger partial charge in [0.25, 0.3) is 0 Å². The molecule has 0 spiro atoms. The molecular formula is C13H13BF4N3-. The molecule has 0 fully saturated rings. The first-order valence-electron chi connectivity index (χ1n) is 6.21. The van der Waals surface area contributed by atoms with E-state index in [0.717, 1.165) is 6.67 Å². The second-order valence-corrected chi connectivity index (χ2v) is 4.46. The van der Waals surface area contributed by atoms with Crippen molar-refractivity contribution in [3.63, 3.8) is 0 Å². The van der Waals surface area contributed by atoms with Crippen LogP contribution in [0.15, 0.2) is 48.8 Å². The predicted molar refractivity (Wildman–Crippen MR) is 76.3 cm³/mol. The highest BCUT2D eigenvalue weighted by Gasteiger charge is 2.23. The standard InChI is InChI=1S/C13H13N3.BF4/c1-15-10-16(11-5-3-2-4-6-11)12-7-8-14-9-13(12)15;2-1(3,4)5/h2-9H,10H2,1H3;/q;-1. The van der Waals surface area contributed by atoms with Crippen molar-refractivity contribution in [2.45, 2.75) is 0 Å². The van der Waals surface area contributed by atoms with Gasteiger partial charge in [-0.1, -0.05) is 18.2 Å². The maximum atomic E-state index is 9.75. The lowest BCUT2D eigenvalue weighted by Gasteiger charge is -2.19. The van der Waals surface area contributed by atoms with E-state index in [2.05, 4.69) is 52.2 Å². The smallest absolute Gasteiger partial charge is 0.418 e. The fourth-order valence-corrected chi connectivity index (χ4v) is 2.09. The zero-order valence-corrected chi connectivity index (χ0v) is 11.3. The van der Waals surface area contributed by atoms with E-state index >= 15 is 0 Å². The van der Waals surface area contributed by atoms with Gasteiger partial charge in [-0.3, -0.25) is 4.98 Å². The van der Waals surface area contributed by atoms with Crippen LogP contribution in [-0.4, -0.2) is 26.0 Å². The van der Waals surface area contributed by atoms with Crippen molar-refractivity contribution in [2.75, 3.05) is 23.5 Å². The van der Waals surface area contributed by atoms with Gasteiger partial charge in [-0.25, -0.2) is 0 Å². The average Bonchev–Trinajstić information content (AvgIpc) is 2.76. The number of rotatable bonds is 1. The summed E-state index contributed by atoms with van der Waals surface area (Å²) in [5, 5.41) is 0. The van der Waals surface area contributed by atoms with Crippen molar-refractivity contribution >= 4 is 24.3 Å². The van der Waals surface area contributed by atoms with E-state index in [9.17, 15) is 17.3 Å². The highest BCUT2D eigenvalue weighted by Crippen LogP contribution is 2.38. The lowest BCUT2D eigenvalue weighted by molar-refractivity contribution is 0.368. The van der Waals surface area contributed by atoms with E-state index in [4.69, 9.17) is 0 Å². The average molecular weight is 298 g/mol. The largest absolute Gasteiger partial charge is 0.673 e. The summed E-state index contributed by atoms with van der Waals surface area (Å²) in [6.45, 7) is 0.880. The molecule has 0 N–H and O–H groups in total. The fraction of sp³-hybridized carbons (Fsp3) is 0.154. The molecule has 0 saturated heterocycles. The summed E-state index contributed by atoms with van der Waals surface area (Å²) in [6, 6.07) is 12.5. The third-order valence-corrected chi connectivity index (χ3v) is 2.90. The number of nitrogens with zero attached hydrogens (tertiary/aromatic N) is 3. The molecule has 2 heterocycles. The first kappa shape index (κ1) is 15.1. The molecule has 0 unspecified atom stereocenters. The van der Waals surface area contributed by atoms with E-state index in [1.54, 1.807) is 0 Å². The molecule has 112 valence electrons. The summed E-state index contributed by atoms with van der Waals surface area (Å²) >= 11 is 0. The van der Waals surface area contributed by atoms with E-state index in [0.29, 0.717) is 0 Å². The van der Waals surface area contributed by atoms with Crippen molar-refractivity contribution < 1.29 is 17.3 Å². The molecule has 0 bridgehead atoms. The fourth-order valence-electron chi connectivity index (χ4n) is 2.09. The molecule has 1 aromatic heterocycles. The zero-order chi connectivity index (χ0) is 15.5. The molecule has 0 amide bonds. The van der Waals surface area contributed by atoms with E-state index in [1.165, 1.54) is 17.1 Å². The second-order valence-electron chi connectivity index (χ2n) is 4.46. The van der Waals surface area contributed by atoms with Crippen LogP contribution in [0.2, 0.25) is 0 Å². The molecule has 2 aromatic rings. The normalized spacial score (nSPS) is 13.6. The molecule has 3 nitrogen and oxygen atoms in total. The lowest BCUT2D eigenvalue weighted by atomic mass is 10.2. The van der Waals surface area contributed by atoms with Gasteiger partial charge in [-0.05, 0) is 18.2 Å². The highest BCUT2D eigenvalue weighted by atomic mass is 19.5. The Morgan fingerprint density at radius 2 is 1.62 bits per heavy atom. The third kappa shape index (κ3) is 4.11. The number of hydrogen-bond acceptors (Lipinski definition) is 3. The number of halogens is 4. The van der Waals surface area contributed by atoms with Gasteiger partial charge >= 0.3 is 7.25 Å². The molecule has 3 rings (SSSR count). The van der Waals surface area contributed by atoms with Crippen molar-refractivity contribution in [3.8, 4) is 0 Å². The molecule has 8 heteroatoms.